The molecule has 162 valence electrons. The van der Waals surface area contributed by atoms with Crippen molar-refractivity contribution < 1.29 is 4.79 Å². The number of aliphatic imine (C=N–C) groups is 2. The van der Waals surface area contributed by atoms with Gasteiger partial charge >= 0.3 is 0 Å². The molecule has 1 amide bonds. The maximum Gasteiger partial charge on any atom is 0.234 e. The van der Waals surface area contributed by atoms with Crippen LogP contribution in [0, 0.1) is 0 Å². The number of aromatic nitrogens is 1. The van der Waals surface area contributed by atoms with E-state index in [0.29, 0.717) is 5.69 Å². The van der Waals surface area contributed by atoms with Gasteiger partial charge < -0.3 is 10.2 Å². The number of anilines is 1. The van der Waals surface area contributed by atoms with Gasteiger partial charge in [0.25, 0.3) is 0 Å². The van der Waals surface area contributed by atoms with Crippen LogP contribution in [0.4, 0.5) is 5.69 Å². The highest BCUT2D eigenvalue weighted by atomic mass is 32.2. The number of carbonyl (C=O) groups is 1. The molecule has 7 heteroatoms. The number of fused-ring (bicyclic) bond motifs is 1. The smallest absolute Gasteiger partial charge is 0.234 e. The second-order valence-corrected chi connectivity index (χ2v) is 9.25. The van der Waals surface area contributed by atoms with Gasteiger partial charge in [-0.3, -0.25) is 14.8 Å². The van der Waals surface area contributed by atoms with Crippen molar-refractivity contribution >= 4 is 45.0 Å². The standard InChI is InChI=1S/C25H25N5OS/c1-30-13-11-25(12-14-30)28-23(18-7-3-2-4-8-18)24(29-25)32-17-22(31)27-20-15-19-9-5-6-10-21(19)26-16-20/h2-10,15-16H,11-14,17H2,1H3,(H,27,31). The van der Waals surface area contributed by atoms with E-state index < -0.39 is 5.66 Å². The van der Waals surface area contributed by atoms with Crippen molar-refractivity contribution in [3.8, 4) is 0 Å². The molecular formula is C25H25N5OS. The molecule has 0 bridgehead atoms. The van der Waals surface area contributed by atoms with Gasteiger partial charge in [0.05, 0.1) is 28.9 Å². The number of rotatable bonds is 4. The number of carbonyl (C=O) groups excluding carboxylic acids is 1. The number of pyridine rings is 1. The lowest BCUT2D eigenvalue weighted by Gasteiger charge is -2.33. The molecule has 0 atom stereocenters. The van der Waals surface area contributed by atoms with Gasteiger partial charge in [0.2, 0.25) is 5.91 Å². The summed E-state index contributed by atoms with van der Waals surface area (Å²) >= 11 is 1.46. The molecule has 1 aromatic heterocycles. The number of piperidine rings is 1. The Morgan fingerprint density at radius 1 is 1.06 bits per heavy atom. The molecule has 0 saturated carbocycles. The van der Waals surface area contributed by atoms with Crippen LogP contribution in [0.2, 0.25) is 0 Å². The maximum atomic E-state index is 12.7. The second-order valence-electron chi connectivity index (χ2n) is 8.28. The molecule has 2 aliphatic heterocycles. The third-order valence-electron chi connectivity index (χ3n) is 5.88. The molecule has 2 aromatic carbocycles. The molecule has 3 aromatic rings. The monoisotopic (exact) mass is 443 g/mol. The maximum absolute atomic E-state index is 12.7. The van der Waals surface area contributed by atoms with Gasteiger partial charge in [-0.2, -0.15) is 0 Å². The van der Waals surface area contributed by atoms with Gasteiger partial charge in [-0.25, -0.2) is 4.99 Å². The Balaban J connectivity index is 1.31. The van der Waals surface area contributed by atoms with E-state index in [1.54, 1.807) is 6.20 Å². The van der Waals surface area contributed by atoms with Crippen molar-refractivity contribution in [2.75, 3.05) is 31.2 Å². The third-order valence-corrected chi connectivity index (χ3v) is 6.85. The Kier molecular flexibility index (Phi) is 5.76. The van der Waals surface area contributed by atoms with E-state index in [9.17, 15) is 4.79 Å². The van der Waals surface area contributed by atoms with E-state index in [1.807, 2.05) is 48.5 Å². The average Bonchev–Trinajstić information content (AvgIpc) is 3.19. The largest absolute Gasteiger partial charge is 0.324 e. The van der Waals surface area contributed by atoms with E-state index in [1.165, 1.54) is 11.8 Å². The number of nitrogens with zero attached hydrogens (tertiary/aromatic N) is 4. The third kappa shape index (κ3) is 4.45. The van der Waals surface area contributed by atoms with Crippen LogP contribution in [0.5, 0.6) is 0 Å². The predicted molar refractivity (Wildman–Crippen MR) is 133 cm³/mol. The number of para-hydroxylation sites is 1. The van der Waals surface area contributed by atoms with Crippen LogP contribution < -0.4 is 5.32 Å². The quantitative estimate of drug-likeness (QED) is 0.655. The van der Waals surface area contributed by atoms with Crippen molar-refractivity contribution in [3.63, 3.8) is 0 Å². The molecule has 3 heterocycles. The molecule has 0 aliphatic carbocycles. The fourth-order valence-electron chi connectivity index (χ4n) is 4.08. The fraction of sp³-hybridized carbons (Fsp3) is 0.280. The lowest BCUT2D eigenvalue weighted by molar-refractivity contribution is -0.113. The van der Waals surface area contributed by atoms with Gasteiger partial charge in [-0.15, -0.1) is 0 Å². The molecule has 2 aliphatic rings. The summed E-state index contributed by atoms with van der Waals surface area (Å²) < 4.78 is 0. The van der Waals surface area contributed by atoms with Crippen LogP contribution in [0.1, 0.15) is 18.4 Å². The van der Waals surface area contributed by atoms with Gasteiger partial charge in [-0.05, 0) is 19.2 Å². The molecule has 1 N–H and O–H groups in total. The first-order valence-corrected chi connectivity index (χ1v) is 11.8. The van der Waals surface area contributed by atoms with E-state index >= 15 is 0 Å². The zero-order valence-corrected chi connectivity index (χ0v) is 18.8. The lowest BCUT2D eigenvalue weighted by Crippen LogP contribution is -2.39. The molecule has 1 fully saturated rings. The molecule has 1 spiro atoms. The number of hydrogen-bond acceptors (Lipinski definition) is 6. The first-order valence-electron chi connectivity index (χ1n) is 10.8. The summed E-state index contributed by atoms with van der Waals surface area (Å²) in [5.41, 5.74) is 3.17. The van der Waals surface area contributed by atoms with Gasteiger partial charge in [0.1, 0.15) is 5.04 Å². The van der Waals surface area contributed by atoms with Crippen molar-refractivity contribution in [1.29, 1.82) is 0 Å². The lowest BCUT2D eigenvalue weighted by atomic mass is 9.99. The van der Waals surface area contributed by atoms with E-state index in [2.05, 4.69) is 34.4 Å². The fourth-order valence-corrected chi connectivity index (χ4v) is 4.95. The molecule has 1 saturated heterocycles. The Hall–Kier alpha value is -3.03. The Morgan fingerprint density at radius 2 is 1.81 bits per heavy atom. The average molecular weight is 444 g/mol. The molecule has 0 unspecified atom stereocenters. The Labute approximate surface area is 191 Å². The predicted octanol–water partition coefficient (Wildman–Crippen LogP) is 4.23. The number of hydrogen-bond donors (Lipinski definition) is 1. The molecule has 0 radical (unpaired) electrons. The zero-order valence-electron chi connectivity index (χ0n) is 18.0. The summed E-state index contributed by atoms with van der Waals surface area (Å²) in [6, 6.07) is 20.0. The molecule has 6 nitrogen and oxygen atoms in total. The SMILES string of the molecule is CN1CCC2(CC1)N=C(SCC(=O)Nc1cnc3ccccc3c1)C(c1ccccc1)=N2. The van der Waals surface area contributed by atoms with Crippen LogP contribution in [-0.4, -0.2) is 58.1 Å². The highest BCUT2D eigenvalue weighted by Crippen LogP contribution is 2.35. The van der Waals surface area contributed by atoms with Crippen molar-refractivity contribution in [2.45, 2.75) is 18.5 Å². The van der Waals surface area contributed by atoms with Gasteiger partial charge in [0, 0.05) is 36.9 Å². The Bertz CT molecular complexity index is 1200. The molecule has 5 rings (SSSR count). The van der Waals surface area contributed by atoms with E-state index in [-0.39, 0.29) is 11.7 Å². The van der Waals surface area contributed by atoms with Crippen LogP contribution in [0.25, 0.3) is 10.9 Å². The minimum atomic E-state index is -0.390. The number of amides is 1. The van der Waals surface area contributed by atoms with Crippen molar-refractivity contribution in [2.24, 2.45) is 9.98 Å². The number of nitrogens with one attached hydrogen (secondary N) is 1. The first kappa shape index (κ1) is 20.8. The van der Waals surface area contributed by atoms with Gasteiger partial charge in [-0.1, -0.05) is 60.3 Å². The van der Waals surface area contributed by atoms with Crippen LogP contribution in [0.3, 0.4) is 0 Å². The van der Waals surface area contributed by atoms with E-state index in [0.717, 1.165) is 53.2 Å². The first-order chi connectivity index (χ1) is 15.6. The molecule has 32 heavy (non-hydrogen) atoms. The highest BCUT2D eigenvalue weighted by Gasteiger charge is 2.39. The summed E-state index contributed by atoms with van der Waals surface area (Å²) in [6.07, 6.45) is 3.50. The highest BCUT2D eigenvalue weighted by molar-refractivity contribution is 8.16. The zero-order chi connectivity index (χ0) is 22.0. The van der Waals surface area contributed by atoms with Crippen LogP contribution >= 0.6 is 11.8 Å². The Morgan fingerprint density at radius 3 is 2.62 bits per heavy atom. The number of thioether (sulfide) groups is 1. The summed E-state index contributed by atoms with van der Waals surface area (Å²) in [5, 5.41) is 4.82. The van der Waals surface area contributed by atoms with Gasteiger partial charge in [0.15, 0.2) is 5.66 Å². The molecular weight excluding hydrogens is 418 g/mol. The minimum Gasteiger partial charge on any atom is -0.324 e. The summed E-state index contributed by atoms with van der Waals surface area (Å²) in [5.74, 6) is 0.194. The van der Waals surface area contributed by atoms with Crippen molar-refractivity contribution in [3.05, 3.63) is 72.4 Å². The van der Waals surface area contributed by atoms with Crippen molar-refractivity contribution in [1.82, 2.24) is 9.88 Å². The summed E-state index contributed by atoms with van der Waals surface area (Å²) in [7, 11) is 2.13. The van der Waals surface area contributed by atoms with E-state index in [4.69, 9.17) is 9.98 Å². The van der Waals surface area contributed by atoms with Crippen LogP contribution in [-0.2, 0) is 4.79 Å². The van der Waals surface area contributed by atoms with Crippen LogP contribution in [0.15, 0.2) is 76.8 Å². The normalized spacial score (nSPS) is 17.9. The minimum absolute atomic E-state index is 0.0773. The number of benzene rings is 2. The second kappa shape index (κ2) is 8.84. The summed E-state index contributed by atoms with van der Waals surface area (Å²) in [4.78, 5) is 29.6. The topological polar surface area (TPSA) is 70.0 Å². The summed E-state index contributed by atoms with van der Waals surface area (Å²) in [6.45, 7) is 1.95. The number of likely N-dealkylation sites (tertiary alicyclic amines) is 1.